The van der Waals surface area contributed by atoms with Gasteiger partial charge in [-0.3, -0.25) is 10.1 Å². The Kier molecular flexibility index (Phi) is 4.60. The second-order valence-corrected chi connectivity index (χ2v) is 5.44. The van der Waals surface area contributed by atoms with Gasteiger partial charge < -0.3 is 0 Å². The number of hydrogen-bond acceptors (Lipinski definition) is 3. The first-order valence-electron chi connectivity index (χ1n) is 6.97. The standard InChI is InChI=1S/C17H13F3N2O2/c1-10-7-16(22(23)24)11(2)6-14(10)15(9-21)12-4-3-5-13(8-12)17(18,19)20/h3-8,15H,1-2H3. The van der Waals surface area contributed by atoms with E-state index in [0.29, 0.717) is 16.7 Å². The maximum atomic E-state index is 12.9. The van der Waals surface area contributed by atoms with Gasteiger partial charge in [0, 0.05) is 11.6 Å². The number of hydrogen-bond donors (Lipinski definition) is 0. The van der Waals surface area contributed by atoms with E-state index in [4.69, 9.17) is 0 Å². The van der Waals surface area contributed by atoms with Crippen LogP contribution in [0.25, 0.3) is 0 Å². The first-order valence-corrected chi connectivity index (χ1v) is 6.97. The van der Waals surface area contributed by atoms with Crippen LogP contribution in [0, 0.1) is 35.3 Å². The number of nitriles is 1. The van der Waals surface area contributed by atoms with Crippen molar-refractivity contribution in [3.8, 4) is 6.07 Å². The lowest BCUT2D eigenvalue weighted by Crippen LogP contribution is -2.08. The lowest BCUT2D eigenvalue weighted by Gasteiger charge is -2.16. The van der Waals surface area contributed by atoms with Crippen LogP contribution in [-0.2, 0) is 6.18 Å². The number of halogens is 3. The van der Waals surface area contributed by atoms with Gasteiger partial charge in [-0.25, -0.2) is 0 Å². The third kappa shape index (κ3) is 3.38. The highest BCUT2D eigenvalue weighted by Crippen LogP contribution is 2.35. The van der Waals surface area contributed by atoms with Crippen molar-refractivity contribution in [2.75, 3.05) is 0 Å². The van der Waals surface area contributed by atoms with Crippen molar-refractivity contribution >= 4 is 5.69 Å². The predicted octanol–water partition coefficient (Wildman–Crippen LogP) is 4.89. The molecule has 2 aromatic carbocycles. The first-order chi connectivity index (χ1) is 11.1. The van der Waals surface area contributed by atoms with Crippen molar-refractivity contribution in [1.82, 2.24) is 0 Å². The summed E-state index contributed by atoms with van der Waals surface area (Å²) in [7, 11) is 0. The largest absolute Gasteiger partial charge is 0.416 e. The fourth-order valence-electron chi connectivity index (χ4n) is 2.55. The van der Waals surface area contributed by atoms with Crippen LogP contribution < -0.4 is 0 Å². The Balaban J connectivity index is 2.56. The monoisotopic (exact) mass is 334 g/mol. The molecular formula is C17H13F3N2O2. The quantitative estimate of drug-likeness (QED) is 0.593. The van der Waals surface area contributed by atoms with Crippen molar-refractivity contribution in [1.29, 1.82) is 5.26 Å². The van der Waals surface area contributed by atoms with Gasteiger partial charge in [0.05, 0.1) is 22.5 Å². The van der Waals surface area contributed by atoms with Crippen molar-refractivity contribution in [3.05, 3.63) is 74.3 Å². The van der Waals surface area contributed by atoms with E-state index in [1.165, 1.54) is 31.2 Å². The van der Waals surface area contributed by atoms with E-state index < -0.39 is 22.6 Å². The molecule has 0 aromatic heterocycles. The number of nitro benzene ring substituents is 1. The summed E-state index contributed by atoms with van der Waals surface area (Å²) < 4.78 is 38.6. The molecule has 2 aromatic rings. The molecule has 24 heavy (non-hydrogen) atoms. The van der Waals surface area contributed by atoms with E-state index in [1.54, 1.807) is 6.92 Å². The van der Waals surface area contributed by atoms with Crippen LogP contribution in [0.2, 0.25) is 0 Å². The normalized spacial score (nSPS) is 12.5. The SMILES string of the molecule is Cc1cc([N+](=O)[O-])c(C)cc1C(C#N)c1cccc(C(F)(F)F)c1. The molecule has 0 fully saturated rings. The third-order valence-electron chi connectivity index (χ3n) is 3.77. The Morgan fingerprint density at radius 2 is 1.83 bits per heavy atom. The second kappa shape index (κ2) is 6.32. The molecule has 124 valence electrons. The van der Waals surface area contributed by atoms with Gasteiger partial charge in [-0.15, -0.1) is 0 Å². The molecule has 1 atom stereocenters. The van der Waals surface area contributed by atoms with Gasteiger partial charge in [0.2, 0.25) is 0 Å². The molecule has 0 aliphatic rings. The van der Waals surface area contributed by atoms with Gasteiger partial charge in [-0.2, -0.15) is 18.4 Å². The lowest BCUT2D eigenvalue weighted by atomic mass is 9.87. The Morgan fingerprint density at radius 3 is 2.38 bits per heavy atom. The zero-order valence-corrected chi connectivity index (χ0v) is 12.9. The Morgan fingerprint density at radius 1 is 1.17 bits per heavy atom. The first kappa shape index (κ1) is 17.5. The van der Waals surface area contributed by atoms with Crippen LogP contribution in [-0.4, -0.2) is 4.92 Å². The third-order valence-corrected chi connectivity index (χ3v) is 3.77. The van der Waals surface area contributed by atoms with Crippen molar-refractivity contribution in [2.45, 2.75) is 25.9 Å². The summed E-state index contributed by atoms with van der Waals surface area (Å²) in [5.74, 6) is -0.938. The van der Waals surface area contributed by atoms with Gasteiger partial charge >= 0.3 is 6.18 Å². The predicted molar refractivity (Wildman–Crippen MR) is 81.5 cm³/mol. The molecule has 0 saturated carbocycles. The molecule has 0 aliphatic heterocycles. The summed E-state index contributed by atoms with van der Waals surface area (Å²) in [6.07, 6.45) is -4.50. The van der Waals surface area contributed by atoms with E-state index in [0.717, 1.165) is 12.1 Å². The number of alkyl halides is 3. The van der Waals surface area contributed by atoms with Gasteiger partial charge in [0.1, 0.15) is 0 Å². The summed E-state index contributed by atoms with van der Waals surface area (Å²) in [4.78, 5) is 10.4. The van der Waals surface area contributed by atoms with Crippen molar-refractivity contribution < 1.29 is 18.1 Å². The molecule has 0 radical (unpaired) electrons. The molecule has 7 heteroatoms. The van der Waals surface area contributed by atoms with Gasteiger partial charge in [0.25, 0.3) is 5.69 Å². The summed E-state index contributed by atoms with van der Waals surface area (Å²) in [5.41, 5.74) is 0.571. The summed E-state index contributed by atoms with van der Waals surface area (Å²) in [6.45, 7) is 3.13. The number of benzene rings is 2. The van der Waals surface area contributed by atoms with E-state index >= 15 is 0 Å². The Bertz CT molecular complexity index is 839. The molecule has 0 N–H and O–H groups in total. The minimum atomic E-state index is -4.50. The lowest BCUT2D eigenvalue weighted by molar-refractivity contribution is -0.385. The van der Waals surface area contributed by atoms with Gasteiger partial charge in [-0.1, -0.05) is 18.2 Å². The number of nitro groups is 1. The average Bonchev–Trinajstić information content (AvgIpc) is 2.50. The number of rotatable bonds is 3. The Hall–Kier alpha value is -2.88. The van der Waals surface area contributed by atoms with E-state index in [9.17, 15) is 28.5 Å². The fraction of sp³-hybridized carbons (Fsp3) is 0.235. The molecule has 0 bridgehead atoms. The molecule has 0 saturated heterocycles. The zero-order valence-electron chi connectivity index (χ0n) is 12.9. The van der Waals surface area contributed by atoms with Gasteiger partial charge in [0.15, 0.2) is 0 Å². The van der Waals surface area contributed by atoms with Crippen molar-refractivity contribution in [2.24, 2.45) is 0 Å². The smallest absolute Gasteiger partial charge is 0.258 e. The topological polar surface area (TPSA) is 66.9 Å². The van der Waals surface area contributed by atoms with Crippen LogP contribution in [0.5, 0.6) is 0 Å². The van der Waals surface area contributed by atoms with Crippen molar-refractivity contribution in [3.63, 3.8) is 0 Å². The Labute approximate surface area is 136 Å². The molecule has 2 rings (SSSR count). The van der Waals surface area contributed by atoms with E-state index in [-0.39, 0.29) is 11.3 Å². The van der Waals surface area contributed by atoms with Gasteiger partial charge in [-0.05, 0) is 42.7 Å². The van der Waals surface area contributed by atoms with Crippen LogP contribution >= 0.6 is 0 Å². The summed E-state index contributed by atoms with van der Waals surface area (Å²) in [6, 6.07) is 9.38. The second-order valence-electron chi connectivity index (χ2n) is 5.44. The maximum absolute atomic E-state index is 12.9. The minimum Gasteiger partial charge on any atom is -0.258 e. The van der Waals surface area contributed by atoms with E-state index in [2.05, 4.69) is 0 Å². The highest BCUT2D eigenvalue weighted by molar-refractivity contribution is 5.51. The molecular weight excluding hydrogens is 321 g/mol. The van der Waals surface area contributed by atoms with Crippen LogP contribution in [0.15, 0.2) is 36.4 Å². The fourth-order valence-corrected chi connectivity index (χ4v) is 2.55. The molecule has 4 nitrogen and oxygen atoms in total. The molecule has 0 aliphatic carbocycles. The number of aryl methyl sites for hydroxylation is 2. The molecule has 0 heterocycles. The number of nitrogens with zero attached hydrogens (tertiary/aromatic N) is 2. The molecule has 0 amide bonds. The maximum Gasteiger partial charge on any atom is 0.416 e. The summed E-state index contributed by atoms with van der Waals surface area (Å²) in [5, 5.41) is 20.4. The van der Waals surface area contributed by atoms with Crippen LogP contribution in [0.3, 0.4) is 0 Å². The van der Waals surface area contributed by atoms with Crippen LogP contribution in [0.1, 0.15) is 33.7 Å². The molecule has 0 spiro atoms. The van der Waals surface area contributed by atoms with Crippen LogP contribution in [0.4, 0.5) is 18.9 Å². The average molecular weight is 334 g/mol. The van der Waals surface area contributed by atoms with E-state index in [1.807, 2.05) is 6.07 Å². The highest BCUT2D eigenvalue weighted by Gasteiger charge is 2.31. The highest BCUT2D eigenvalue weighted by atomic mass is 19.4. The summed E-state index contributed by atoms with van der Waals surface area (Å²) >= 11 is 0. The zero-order chi connectivity index (χ0) is 18.1. The molecule has 1 unspecified atom stereocenters. The minimum absolute atomic E-state index is 0.0861.